The van der Waals surface area contributed by atoms with Gasteiger partial charge in [0.1, 0.15) is 6.61 Å². The molecule has 1 heterocycles. The zero-order valence-electron chi connectivity index (χ0n) is 8.93. The number of rotatable bonds is 4. The van der Waals surface area contributed by atoms with Crippen molar-refractivity contribution in [2.24, 2.45) is 0 Å². The van der Waals surface area contributed by atoms with Gasteiger partial charge < -0.3 is 4.74 Å². The fourth-order valence-corrected chi connectivity index (χ4v) is 3.04. The van der Waals surface area contributed by atoms with Crippen LogP contribution in [0.15, 0.2) is 38.6 Å². The predicted octanol–water partition coefficient (Wildman–Crippen LogP) is 4.76. The lowest BCUT2D eigenvalue weighted by molar-refractivity contribution is -0.386. The summed E-state index contributed by atoms with van der Waals surface area (Å²) in [7, 11) is 0. The molecule has 18 heavy (non-hydrogen) atoms. The molecule has 0 radical (unpaired) electrons. The van der Waals surface area contributed by atoms with E-state index in [1.54, 1.807) is 12.1 Å². The lowest BCUT2D eigenvalue weighted by atomic mass is 10.3. The van der Waals surface area contributed by atoms with Crippen molar-refractivity contribution in [2.75, 3.05) is 0 Å². The van der Waals surface area contributed by atoms with Gasteiger partial charge in [-0.15, -0.1) is 11.3 Å². The summed E-state index contributed by atoms with van der Waals surface area (Å²) in [6.07, 6.45) is 0. The SMILES string of the molecule is O=[N+]([O-])c1cc(Br)ccc1OCc1cc(Br)cs1. The summed E-state index contributed by atoms with van der Waals surface area (Å²) in [6, 6.07) is 6.66. The Labute approximate surface area is 124 Å². The molecule has 0 spiro atoms. The standard InChI is InChI=1S/C11H7Br2NO3S/c12-7-1-2-11(10(4-7)14(15)16)17-5-9-3-8(13)6-18-9/h1-4,6H,5H2. The van der Waals surface area contributed by atoms with Crippen LogP contribution >= 0.6 is 43.2 Å². The highest BCUT2D eigenvalue weighted by molar-refractivity contribution is 9.10. The molecule has 0 saturated carbocycles. The molecule has 2 aromatic rings. The van der Waals surface area contributed by atoms with Crippen molar-refractivity contribution >= 4 is 48.9 Å². The molecular formula is C11H7Br2NO3S. The molecule has 0 atom stereocenters. The van der Waals surface area contributed by atoms with E-state index >= 15 is 0 Å². The minimum Gasteiger partial charge on any atom is -0.481 e. The predicted molar refractivity (Wildman–Crippen MR) is 77.1 cm³/mol. The van der Waals surface area contributed by atoms with Crippen LogP contribution in [0.2, 0.25) is 0 Å². The summed E-state index contributed by atoms with van der Waals surface area (Å²) in [5.74, 6) is 0.271. The molecule has 7 heteroatoms. The van der Waals surface area contributed by atoms with Crippen LogP contribution in [0.1, 0.15) is 4.88 Å². The van der Waals surface area contributed by atoms with Gasteiger partial charge in [0.15, 0.2) is 5.75 Å². The molecule has 2 rings (SSSR count). The average Bonchev–Trinajstić information content (AvgIpc) is 2.73. The maximum atomic E-state index is 10.9. The highest BCUT2D eigenvalue weighted by Gasteiger charge is 2.15. The molecule has 0 aliphatic carbocycles. The molecule has 94 valence electrons. The van der Waals surface area contributed by atoms with Gasteiger partial charge in [0, 0.05) is 25.3 Å². The Morgan fingerprint density at radius 2 is 2.06 bits per heavy atom. The number of benzene rings is 1. The number of hydrogen-bond donors (Lipinski definition) is 0. The monoisotopic (exact) mass is 391 g/mol. The second kappa shape index (κ2) is 5.81. The van der Waals surface area contributed by atoms with Gasteiger partial charge in [-0.1, -0.05) is 15.9 Å². The van der Waals surface area contributed by atoms with Crippen molar-refractivity contribution in [3.05, 3.63) is 53.6 Å². The van der Waals surface area contributed by atoms with Crippen LogP contribution in [0.4, 0.5) is 5.69 Å². The molecule has 0 fully saturated rings. The second-order valence-corrected chi connectivity index (χ2v) is 6.22. The number of halogens is 2. The van der Waals surface area contributed by atoms with E-state index in [1.165, 1.54) is 17.4 Å². The minimum atomic E-state index is -0.454. The topological polar surface area (TPSA) is 52.4 Å². The Morgan fingerprint density at radius 1 is 1.28 bits per heavy atom. The van der Waals surface area contributed by atoms with E-state index in [2.05, 4.69) is 31.9 Å². The first-order valence-electron chi connectivity index (χ1n) is 4.86. The van der Waals surface area contributed by atoms with E-state index in [4.69, 9.17) is 4.74 Å². The van der Waals surface area contributed by atoms with Gasteiger partial charge in [-0.2, -0.15) is 0 Å². The molecule has 0 N–H and O–H groups in total. The highest BCUT2D eigenvalue weighted by Crippen LogP contribution is 2.31. The molecule has 0 unspecified atom stereocenters. The summed E-state index contributed by atoms with van der Waals surface area (Å²) in [5.41, 5.74) is -0.0417. The van der Waals surface area contributed by atoms with Gasteiger partial charge in [0.25, 0.3) is 0 Å². The van der Waals surface area contributed by atoms with Crippen molar-refractivity contribution in [1.29, 1.82) is 0 Å². The fourth-order valence-electron chi connectivity index (χ4n) is 1.33. The Kier molecular flexibility index (Phi) is 4.36. The average molecular weight is 393 g/mol. The molecule has 1 aromatic heterocycles. The van der Waals surface area contributed by atoms with E-state index in [-0.39, 0.29) is 11.4 Å². The van der Waals surface area contributed by atoms with Crippen LogP contribution in [0.25, 0.3) is 0 Å². The molecular weight excluding hydrogens is 386 g/mol. The summed E-state index contributed by atoms with van der Waals surface area (Å²) in [4.78, 5) is 11.4. The number of nitro groups is 1. The molecule has 4 nitrogen and oxygen atoms in total. The Bertz CT molecular complexity index is 585. The number of nitrogens with zero attached hydrogens (tertiary/aromatic N) is 1. The van der Waals surface area contributed by atoms with Crippen molar-refractivity contribution in [3.8, 4) is 5.75 Å². The number of hydrogen-bond acceptors (Lipinski definition) is 4. The van der Waals surface area contributed by atoms with Crippen LogP contribution in [0, 0.1) is 10.1 Å². The van der Waals surface area contributed by atoms with E-state index in [0.717, 1.165) is 9.35 Å². The third kappa shape index (κ3) is 3.30. The molecule has 0 aliphatic rings. The Hall–Kier alpha value is -0.920. The number of thiophene rings is 1. The highest BCUT2D eigenvalue weighted by atomic mass is 79.9. The van der Waals surface area contributed by atoms with Crippen molar-refractivity contribution in [2.45, 2.75) is 6.61 Å². The quantitative estimate of drug-likeness (QED) is 0.556. The molecule has 1 aromatic carbocycles. The first-order valence-corrected chi connectivity index (χ1v) is 7.32. The third-order valence-corrected chi connectivity index (χ3v) is 4.27. The van der Waals surface area contributed by atoms with E-state index in [9.17, 15) is 10.1 Å². The molecule has 0 bridgehead atoms. The maximum Gasteiger partial charge on any atom is 0.312 e. The maximum absolute atomic E-state index is 10.9. The lowest BCUT2D eigenvalue weighted by Gasteiger charge is -2.05. The normalized spacial score (nSPS) is 10.3. The third-order valence-electron chi connectivity index (χ3n) is 2.11. The van der Waals surface area contributed by atoms with E-state index in [0.29, 0.717) is 11.1 Å². The Balaban J connectivity index is 2.16. The molecule has 0 aliphatic heterocycles. The smallest absolute Gasteiger partial charge is 0.312 e. The van der Waals surface area contributed by atoms with Crippen LogP contribution < -0.4 is 4.74 Å². The van der Waals surface area contributed by atoms with Crippen molar-refractivity contribution < 1.29 is 9.66 Å². The fraction of sp³-hybridized carbons (Fsp3) is 0.0909. The van der Waals surface area contributed by atoms with Crippen LogP contribution in [-0.2, 0) is 6.61 Å². The van der Waals surface area contributed by atoms with Crippen molar-refractivity contribution in [3.63, 3.8) is 0 Å². The minimum absolute atomic E-state index is 0.0417. The number of nitro benzene ring substituents is 1. The van der Waals surface area contributed by atoms with Gasteiger partial charge in [0.2, 0.25) is 0 Å². The van der Waals surface area contributed by atoms with Crippen LogP contribution in [0.5, 0.6) is 5.75 Å². The molecule has 0 amide bonds. The van der Waals surface area contributed by atoms with Gasteiger partial charge in [-0.25, -0.2) is 0 Å². The Morgan fingerprint density at radius 3 is 2.67 bits per heavy atom. The van der Waals surface area contributed by atoms with Gasteiger partial charge in [-0.3, -0.25) is 10.1 Å². The van der Waals surface area contributed by atoms with Gasteiger partial charge >= 0.3 is 5.69 Å². The van der Waals surface area contributed by atoms with Gasteiger partial charge in [-0.05, 0) is 34.1 Å². The summed E-state index contributed by atoms with van der Waals surface area (Å²) in [5, 5.41) is 12.8. The van der Waals surface area contributed by atoms with Crippen LogP contribution in [-0.4, -0.2) is 4.92 Å². The first-order chi connectivity index (χ1) is 8.56. The molecule has 0 saturated heterocycles. The summed E-state index contributed by atoms with van der Waals surface area (Å²) < 4.78 is 7.12. The zero-order valence-corrected chi connectivity index (χ0v) is 12.9. The van der Waals surface area contributed by atoms with Gasteiger partial charge in [0.05, 0.1) is 4.92 Å². The second-order valence-electron chi connectivity index (χ2n) is 3.39. The summed E-state index contributed by atoms with van der Waals surface area (Å²) in [6.45, 7) is 0.318. The van der Waals surface area contributed by atoms with E-state index < -0.39 is 4.92 Å². The zero-order chi connectivity index (χ0) is 13.1. The lowest BCUT2D eigenvalue weighted by Crippen LogP contribution is -1.97. The van der Waals surface area contributed by atoms with E-state index in [1.807, 2.05) is 11.4 Å². The largest absolute Gasteiger partial charge is 0.481 e. The first kappa shape index (κ1) is 13.5. The summed E-state index contributed by atoms with van der Waals surface area (Å²) >= 11 is 8.08. The van der Waals surface area contributed by atoms with Crippen LogP contribution in [0.3, 0.4) is 0 Å². The number of ether oxygens (including phenoxy) is 1. The van der Waals surface area contributed by atoms with Crippen molar-refractivity contribution in [1.82, 2.24) is 0 Å².